The van der Waals surface area contributed by atoms with Crippen LogP contribution in [0, 0.1) is 19.8 Å². The minimum absolute atomic E-state index is 0. The van der Waals surface area contributed by atoms with Crippen molar-refractivity contribution in [3.8, 4) is 0 Å². The van der Waals surface area contributed by atoms with Gasteiger partial charge >= 0.3 is 0 Å². The van der Waals surface area contributed by atoms with E-state index in [0.717, 1.165) is 18.4 Å². The molecule has 0 bridgehead atoms. The molecule has 0 aromatic heterocycles. The maximum absolute atomic E-state index is 12.7. The van der Waals surface area contributed by atoms with Crippen LogP contribution in [0.25, 0.3) is 0 Å². The monoisotopic (exact) mass is 423 g/mol. The quantitative estimate of drug-likeness (QED) is 0.637. The third-order valence-corrected chi connectivity index (χ3v) is 6.29. The number of nitrogens with two attached hydrogens (primary N) is 1. The molecule has 0 radical (unpaired) electrons. The molecule has 1 aliphatic carbocycles. The first kappa shape index (κ1) is 22.2. The van der Waals surface area contributed by atoms with E-state index in [1.807, 2.05) is 13.0 Å². The zero-order valence-corrected chi connectivity index (χ0v) is 17.6. The van der Waals surface area contributed by atoms with Gasteiger partial charge in [-0.3, -0.25) is 9.52 Å². The number of sulfonamides is 1. The highest BCUT2D eigenvalue weighted by Crippen LogP contribution is 2.32. The summed E-state index contributed by atoms with van der Waals surface area (Å²) < 4.78 is 28.1. The van der Waals surface area contributed by atoms with E-state index in [9.17, 15) is 13.2 Å². The lowest BCUT2D eigenvalue weighted by Crippen LogP contribution is -2.41. The second kappa shape index (κ2) is 8.94. The summed E-state index contributed by atoms with van der Waals surface area (Å²) in [5.41, 5.74) is 8.01. The molecule has 2 aromatic rings. The van der Waals surface area contributed by atoms with Gasteiger partial charge in [-0.05, 0) is 68.0 Å². The van der Waals surface area contributed by atoms with Gasteiger partial charge in [-0.1, -0.05) is 18.2 Å². The Bertz CT molecular complexity index is 959. The van der Waals surface area contributed by atoms with Crippen LogP contribution in [0.15, 0.2) is 47.4 Å². The first-order chi connectivity index (χ1) is 12.8. The van der Waals surface area contributed by atoms with Gasteiger partial charge in [0.25, 0.3) is 15.9 Å². The normalized spacial score (nSPS) is 14.7. The smallest absolute Gasteiger partial charge is 0.262 e. The van der Waals surface area contributed by atoms with E-state index in [-0.39, 0.29) is 29.3 Å². The Morgan fingerprint density at radius 2 is 1.89 bits per heavy atom. The highest BCUT2D eigenvalue weighted by Gasteiger charge is 2.31. The van der Waals surface area contributed by atoms with Crippen molar-refractivity contribution in [3.05, 3.63) is 59.2 Å². The van der Waals surface area contributed by atoms with Crippen LogP contribution in [-0.2, 0) is 10.0 Å². The molecule has 1 atom stereocenters. The molecule has 0 heterocycles. The lowest BCUT2D eigenvalue weighted by atomic mass is 10.1. The summed E-state index contributed by atoms with van der Waals surface area (Å²) in [6.45, 7) is 4.00. The fourth-order valence-corrected chi connectivity index (χ4v) is 4.43. The van der Waals surface area contributed by atoms with Crippen LogP contribution in [0.4, 0.5) is 5.69 Å². The van der Waals surface area contributed by atoms with Gasteiger partial charge in [0, 0.05) is 23.8 Å². The Morgan fingerprint density at radius 1 is 1.18 bits per heavy atom. The second-order valence-corrected chi connectivity index (χ2v) is 8.76. The van der Waals surface area contributed by atoms with E-state index in [2.05, 4.69) is 10.0 Å². The molecule has 4 N–H and O–H groups in total. The Morgan fingerprint density at radius 3 is 2.54 bits per heavy atom. The molecule has 1 aliphatic rings. The summed E-state index contributed by atoms with van der Waals surface area (Å²) >= 11 is 0. The molecule has 152 valence electrons. The van der Waals surface area contributed by atoms with Crippen molar-refractivity contribution in [1.82, 2.24) is 5.32 Å². The number of amides is 1. The SMILES string of the molecule is Cc1ccc(C)c(S(=O)(=O)Nc2cccc(C(=O)NC(CN)C3CC3)c2)c1.Cl. The molecule has 1 amide bonds. The lowest BCUT2D eigenvalue weighted by Gasteiger charge is -2.16. The maximum Gasteiger partial charge on any atom is 0.262 e. The zero-order valence-electron chi connectivity index (χ0n) is 15.9. The average Bonchev–Trinajstić information content (AvgIpc) is 3.46. The predicted octanol–water partition coefficient (Wildman–Crippen LogP) is 2.99. The van der Waals surface area contributed by atoms with E-state index in [1.165, 1.54) is 0 Å². The molecule has 8 heteroatoms. The number of hydrogen-bond donors (Lipinski definition) is 3. The van der Waals surface area contributed by atoms with Crippen molar-refractivity contribution in [2.75, 3.05) is 11.3 Å². The standard InChI is InChI=1S/C20H25N3O3S.ClH/c1-13-6-7-14(2)19(10-13)27(25,26)23-17-5-3-4-16(11-17)20(24)22-18(12-21)15-8-9-15;/h3-7,10-11,15,18,23H,8-9,12,21H2,1-2H3,(H,22,24);1H. The van der Waals surface area contributed by atoms with Gasteiger partial charge in [-0.2, -0.15) is 0 Å². The summed E-state index contributed by atoms with van der Waals surface area (Å²) in [5.74, 6) is 0.204. The van der Waals surface area contributed by atoms with E-state index in [4.69, 9.17) is 5.73 Å². The number of hydrogen-bond acceptors (Lipinski definition) is 4. The van der Waals surface area contributed by atoms with Crippen LogP contribution in [0.5, 0.6) is 0 Å². The maximum atomic E-state index is 12.7. The van der Waals surface area contributed by atoms with Crippen molar-refractivity contribution in [2.24, 2.45) is 11.7 Å². The molecular formula is C20H26ClN3O3S. The minimum atomic E-state index is -3.74. The van der Waals surface area contributed by atoms with Gasteiger partial charge in [-0.25, -0.2) is 8.42 Å². The van der Waals surface area contributed by atoms with Crippen LogP contribution < -0.4 is 15.8 Å². The summed E-state index contributed by atoms with van der Waals surface area (Å²) in [6.07, 6.45) is 2.16. The average molecular weight is 424 g/mol. The Labute approximate surface area is 172 Å². The number of nitrogens with one attached hydrogen (secondary N) is 2. The van der Waals surface area contributed by atoms with Crippen molar-refractivity contribution in [2.45, 2.75) is 37.6 Å². The van der Waals surface area contributed by atoms with Gasteiger partial charge in [-0.15, -0.1) is 12.4 Å². The van der Waals surface area contributed by atoms with Gasteiger partial charge < -0.3 is 11.1 Å². The molecule has 28 heavy (non-hydrogen) atoms. The summed E-state index contributed by atoms with van der Waals surface area (Å²) in [7, 11) is -3.74. The fraction of sp³-hybridized carbons (Fsp3) is 0.350. The van der Waals surface area contributed by atoms with Gasteiger partial charge in [0.15, 0.2) is 0 Å². The molecule has 6 nitrogen and oxygen atoms in total. The number of rotatable bonds is 7. The highest BCUT2D eigenvalue weighted by molar-refractivity contribution is 7.92. The molecule has 3 rings (SSSR count). The topological polar surface area (TPSA) is 101 Å². The number of carbonyl (C=O) groups excluding carboxylic acids is 1. The first-order valence-corrected chi connectivity index (χ1v) is 10.5. The van der Waals surface area contributed by atoms with Crippen LogP contribution in [-0.4, -0.2) is 26.9 Å². The van der Waals surface area contributed by atoms with Crippen LogP contribution in [0.3, 0.4) is 0 Å². The molecular weight excluding hydrogens is 398 g/mol. The van der Waals surface area contributed by atoms with E-state index in [1.54, 1.807) is 43.3 Å². The van der Waals surface area contributed by atoms with Crippen molar-refractivity contribution < 1.29 is 13.2 Å². The number of aryl methyl sites for hydroxylation is 2. The number of anilines is 1. The molecule has 0 saturated heterocycles. The highest BCUT2D eigenvalue weighted by atomic mass is 35.5. The van der Waals surface area contributed by atoms with Crippen LogP contribution in [0.2, 0.25) is 0 Å². The third-order valence-electron chi connectivity index (χ3n) is 4.77. The summed E-state index contributed by atoms with van der Waals surface area (Å²) in [4.78, 5) is 12.7. The zero-order chi connectivity index (χ0) is 19.6. The van der Waals surface area contributed by atoms with Crippen LogP contribution >= 0.6 is 12.4 Å². The Hall–Kier alpha value is -2.09. The first-order valence-electron chi connectivity index (χ1n) is 9.01. The van der Waals surface area contributed by atoms with Crippen LogP contribution in [0.1, 0.15) is 34.3 Å². The Balaban J connectivity index is 0.00000280. The molecule has 1 saturated carbocycles. The fourth-order valence-electron chi connectivity index (χ4n) is 3.05. The van der Waals surface area contributed by atoms with Crippen molar-refractivity contribution >= 4 is 34.0 Å². The lowest BCUT2D eigenvalue weighted by molar-refractivity contribution is 0.0933. The second-order valence-electron chi connectivity index (χ2n) is 7.11. The largest absolute Gasteiger partial charge is 0.348 e. The molecule has 1 fully saturated rings. The molecule has 1 unspecified atom stereocenters. The number of benzene rings is 2. The molecule has 0 spiro atoms. The van der Waals surface area contributed by atoms with Gasteiger partial charge in [0.05, 0.1) is 4.90 Å². The third kappa shape index (κ3) is 5.25. The van der Waals surface area contributed by atoms with Gasteiger partial charge in [0.1, 0.15) is 0 Å². The molecule has 2 aromatic carbocycles. The van der Waals surface area contributed by atoms with E-state index in [0.29, 0.717) is 29.3 Å². The van der Waals surface area contributed by atoms with E-state index >= 15 is 0 Å². The predicted molar refractivity (Wildman–Crippen MR) is 113 cm³/mol. The summed E-state index contributed by atoms with van der Waals surface area (Å²) in [5, 5.41) is 2.94. The minimum Gasteiger partial charge on any atom is -0.348 e. The van der Waals surface area contributed by atoms with Gasteiger partial charge in [0.2, 0.25) is 0 Å². The van der Waals surface area contributed by atoms with E-state index < -0.39 is 10.0 Å². The Kier molecular flexibility index (Phi) is 7.09. The van der Waals surface area contributed by atoms with Crippen molar-refractivity contribution in [3.63, 3.8) is 0 Å². The summed E-state index contributed by atoms with van der Waals surface area (Å²) in [6, 6.07) is 11.7. The number of halogens is 1. The van der Waals surface area contributed by atoms with Crippen molar-refractivity contribution in [1.29, 1.82) is 0 Å². The number of carbonyl (C=O) groups is 1. The molecule has 0 aliphatic heterocycles.